The number of carbonyl (C=O) groups excluding carboxylic acids is 2. The number of ketones is 1. The highest BCUT2D eigenvalue weighted by molar-refractivity contribution is 6.46. The zero-order valence-corrected chi connectivity index (χ0v) is 18.3. The molecule has 1 fully saturated rings. The number of rotatable bonds is 9. The van der Waals surface area contributed by atoms with Gasteiger partial charge >= 0.3 is 0 Å². The summed E-state index contributed by atoms with van der Waals surface area (Å²) in [4.78, 5) is 27.2. The number of methoxy groups -OCH3 is 2. The van der Waals surface area contributed by atoms with Gasteiger partial charge in [-0.1, -0.05) is 6.07 Å². The average Bonchev–Trinajstić information content (AvgIpc) is 3.04. The van der Waals surface area contributed by atoms with Crippen molar-refractivity contribution in [2.75, 3.05) is 34.0 Å². The molecular formula is C24H27NO7. The highest BCUT2D eigenvalue weighted by atomic mass is 16.5. The molecule has 0 radical (unpaired) electrons. The number of ether oxygens (including phenoxy) is 3. The summed E-state index contributed by atoms with van der Waals surface area (Å²) >= 11 is 0. The predicted molar refractivity (Wildman–Crippen MR) is 118 cm³/mol. The standard InChI is InChI=1S/C24H27NO7/c1-4-32-17-9-6-15(7-10-17)22(27)20-21(16-8-11-19(31-3)18(26)14-16)25(12-5-13-30-2)24(29)23(20)28/h6-11,14,21,26-27H,4-5,12-13H2,1-3H3/b22-20-. The van der Waals surface area contributed by atoms with E-state index in [-0.39, 0.29) is 29.4 Å². The fourth-order valence-corrected chi connectivity index (χ4v) is 3.74. The minimum Gasteiger partial charge on any atom is -0.507 e. The van der Waals surface area contributed by atoms with Crippen LogP contribution in [0.15, 0.2) is 48.0 Å². The van der Waals surface area contributed by atoms with Gasteiger partial charge in [0, 0.05) is 25.8 Å². The van der Waals surface area contributed by atoms with Gasteiger partial charge in [0.25, 0.3) is 11.7 Å². The largest absolute Gasteiger partial charge is 0.507 e. The summed E-state index contributed by atoms with van der Waals surface area (Å²) < 4.78 is 15.6. The van der Waals surface area contributed by atoms with Crippen LogP contribution in [0.2, 0.25) is 0 Å². The third-order valence-electron chi connectivity index (χ3n) is 5.24. The number of carbonyl (C=O) groups is 2. The van der Waals surface area contributed by atoms with Crippen molar-refractivity contribution in [3.05, 3.63) is 59.2 Å². The Labute approximate surface area is 186 Å². The molecule has 0 aliphatic carbocycles. The lowest BCUT2D eigenvalue weighted by Gasteiger charge is -2.25. The van der Waals surface area contributed by atoms with Crippen LogP contribution in [-0.4, -0.2) is 60.8 Å². The third-order valence-corrected chi connectivity index (χ3v) is 5.24. The first-order chi connectivity index (χ1) is 15.4. The predicted octanol–water partition coefficient (Wildman–Crippen LogP) is 3.26. The second-order valence-electron chi connectivity index (χ2n) is 7.23. The zero-order chi connectivity index (χ0) is 23.3. The maximum atomic E-state index is 13.0. The Morgan fingerprint density at radius 3 is 2.41 bits per heavy atom. The van der Waals surface area contributed by atoms with Gasteiger partial charge in [-0.3, -0.25) is 9.59 Å². The number of Topliss-reactive ketones (excluding diaryl/α,β-unsaturated/α-hetero) is 1. The Bertz CT molecular complexity index is 1010. The van der Waals surface area contributed by atoms with Gasteiger partial charge in [0.2, 0.25) is 0 Å². The van der Waals surface area contributed by atoms with Crippen molar-refractivity contribution in [3.63, 3.8) is 0 Å². The molecular weight excluding hydrogens is 414 g/mol. The van der Waals surface area contributed by atoms with Gasteiger partial charge in [-0.2, -0.15) is 0 Å². The lowest BCUT2D eigenvalue weighted by Crippen LogP contribution is -2.31. The molecule has 1 aliphatic heterocycles. The van der Waals surface area contributed by atoms with Crippen molar-refractivity contribution in [2.24, 2.45) is 0 Å². The minimum absolute atomic E-state index is 0.0406. The Hall–Kier alpha value is -3.52. The summed E-state index contributed by atoms with van der Waals surface area (Å²) in [5, 5.41) is 21.3. The maximum Gasteiger partial charge on any atom is 0.295 e. The van der Waals surface area contributed by atoms with Crippen LogP contribution in [0.3, 0.4) is 0 Å². The Kier molecular flexibility index (Phi) is 7.37. The van der Waals surface area contributed by atoms with Crippen LogP contribution in [-0.2, 0) is 14.3 Å². The molecule has 0 bridgehead atoms. The van der Waals surface area contributed by atoms with E-state index in [2.05, 4.69) is 0 Å². The highest BCUT2D eigenvalue weighted by Gasteiger charge is 2.46. The molecule has 2 aromatic rings. The lowest BCUT2D eigenvalue weighted by molar-refractivity contribution is -0.140. The summed E-state index contributed by atoms with van der Waals surface area (Å²) in [6, 6.07) is 10.4. The van der Waals surface area contributed by atoms with Crippen molar-refractivity contribution in [2.45, 2.75) is 19.4 Å². The molecule has 1 amide bonds. The summed E-state index contributed by atoms with van der Waals surface area (Å²) in [5.41, 5.74) is 0.819. The van der Waals surface area contributed by atoms with Gasteiger partial charge in [0.1, 0.15) is 11.5 Å². The summed E-state index contributed by atoms with van der Waals surface area (Å²) in [5.74, 6) is -1.03. The van der Waals surface area contributed by atoms with Gasteiger partial charge in [0.15, 0.2) is 11.5 Å². The van der Waals surface area contributed by atoms with Crippen molar-refractivity contribution < 1.29 is 34.0 Å². The molecule has 0 aromatic heterocycles. The van der Waals surface area contributed by atoms with E-state index < -0.39 is 17.7 Å². The topological polar surface area (TPSA) is 106 Å². The number of benzene rings is 2. The van der Waals surface area contributed by atoms with Gasteiger partial charge in [-0.15, -0.1) is 0 Å². The lowest BCUT2D eigenvalue weighted by atomic mass is 9.95. The number of aliphatic hydroxyl groups excluding tert-OH is 1. The molecule has 1 unspecified atom stereocenters. The van der Waals surface area contributed by atoms with E-state index in [0.717, 1.165) is 0 Å². The van der Waals surface area contributed by atoms with E-state index in [9.17, 15) is 19.8 Å². The second-order valence-corrected chi connectivity index (χ2v) is 7.23. The van der Waals surface area contributed by atoms with Crippen LogP contribution in [0.5, 0.6) is 17.2 Å². The molecule has 0 saturated carbocycles. The molecule has 1 aliphatic rings. The van der Waals surface area contributed by atoms with E-state index in [1.54, 1.807) is 43.5 Å². The van der Waals surface area contributed by atoms with E-state index in [0.29, 0.717) is 36.5 Å². The van der Waals surface area contributed by atoms with Crippen LogP contribution in [0.25, 0.3) is 5.76 Å². The van der Waals surface area contributed by atoms with Gasteiger partial charge in [0.05, 0.1) is 25.3 Å². The number of likely N-dealkylation sites (tertiary alicyclic amines) is 1. The molecule has 1 heterocycles. The average molecular weight is 441 g/mol. The van der Waals surface area contributed by atoms with Crippen LogP contribution in [0, 0.1) is 0 Å². The fourth-order valence-electron chi connectivity index (χ4n) is 3.74. The van der Waals surface area contributed by atoms with Crippen molar-refractivity contribution in [1.82, 2.24) is 4.90 Å². The van der Waals surface area contributed by atoms with Crippen molar-refractivity contribution in [3.8, 4) is 17.2 Å². The minimum atomic E-state index is -0.866. The fraction of sp³-hybridized carbons (Fsp3) is 0.333. The molecule has 1 saturated heterocycles. The Balaban J connectivity index is 2.10. The number of hydrogen-bond acceptors (Lipinski definition) is 7. The zero-order valence-electron chi connectivity index (χ0n) is 18.3. The number of nitrogens with zero attached hydrogens (tertiary/aromatic N) is 1. The van der Waals surface area contributed by atoms with Crippen molar-refractivity contribution >= 4 is 17.4 Å². The van der Waals surface area contributed by atoms with Gasteiger partial charge in [-0.25, -0.2) is 0 Å². The van der Waals surface area contributed by atoms with Crippen LogP contribution in [0.1, 0.15) is 30.5 Å². The molecule has 32 heavy (non-hydrogen) atoms. The first-order valence-electron chi connectivity index (χ1n) is 10.3. The molecule has 3 rings (SSSR count). The molecule has 170 valence electrons. The molecule has 2 aromatic carbocycles. The summed E-state index contributed by atoms with van der Waals surface area (Å²) in [7, 11) is 2.98. The molecule has 1 atom stereocenters. The normalized spacial score (nSPS) is 17.6. The molecule has 2 N–H and O–H groups in total. The Morgan fingerprint density at radius 1 is 1.09 bits per heavy atom. The quantitative estimate of drug-likeness (QED) is 0.266. The van der Waals surface area contributed by atoms with Gasteiger partial charge in [-0.05, 0) is 55.3 Å². The van der Waals surface area contributed by atoms with Gasteiger partial charge < -0.3 is 29.3 Å². The number of aromatic hydroxyl groups is 1. The SMILES string of the molecule is CCOc1ccc(/C(O)=C2/C(=O)C(=O)N(CCCOC)C2c2ccc(OC)c(O)c2)cc1. The van der Waals surface area contributed by atoms with Crippen LogP contribution >= 0.6 is 0 Å². The number of hydrogen-bond donors (Lipinski definition) is 2. The first kappa shape index (κ1) is 23.1. The third kappa shape index (κ3) is 4.55. The summed E-state index contributed by atoms with van der Waals surface area (Å²) in [6.07, 6.45) is 0.505. The Morgan fingerprint density at radius 2 is 1.81 bits per heavy atom. The second kappa shape index (κ2) is 10.2. The smallest absolute Gasteiger partial charge is 0.295 e. The number of phenolic OH excluding ortho intramolecular Hbond substituents is 1. The molecule has 0 spiro atoms. The monoisotopic (exact) mass is 441 g/mol. The van der Waals surface area contributed by atoms with E-state index >= 15 is 0 Å². The van der Waals surface area contributed by atoms with E-state index in [1.165, 1.54) is 18.1 Å². The molecule has 8 nitrogen and oxygen atoms in total. The number of aliphatic hydroxyl groups is 1. The number of amides is 1. The van der Waals surface area contributed by atoms with Crippen LogP contribution in [0.4, 0.5) is 0 Å². The first-order valence-corrected chi connectivity index (χ1v) is 10.3. The van der Waals surface area contributed by atoms with Crippen molar-refractivity contribution in [1.29, 1.82) is 0 Å². The number of phenols is 1. The summed E-state index contributed by atoms with van der Waals surface area (Å²) in [6.45, 7) is 3.01. The van der Waals surface area contributed by atoms with Crippen LogP contribution < -0.4 is 9.47 Å². The van der Waals surface area contributed by atoms with E-state index in [4.69, 9.17) is 14.2 Å². The maximum absolute atomic E-state index is 13.0. The molecule has 8 heteroatoms. The van der Waals surface area contributed by atoms with E-state index in [1.807, 2.05) is 6.92 Å². The highest BCUT2D eigenvalue weighted by Crippen LogP contribution is 2.41.